The van der Waals surface area contributed by atoms with E-state index in [4.69, 9.17) is 4.74 Å². The third-order valence-electron chi connectivity index (χ3n) is 7.09. The van der Waals surface area contributed by atoms with Crippen molar-refractivity contribution in [3.8, 4) is 22.8 Å². The van der Waals surface area contributed by atoms with Gasteiger partial charge in [0.05, 0.1) is 13.2 Å². The molecule has 0 spiro atoms. The van der Waals surface area contributed by atoms with E-state index in [2.05, 4.69) is 25.8 Å². The van der Waals surface area contributed by atoms with Gasteiger partial charge in [-0.1, -0.05) is 32.0 Å². The molecular formula is C31H36N8O4. The number of carbonyl (C=O) groups is 3. The number of hydrogen-bond acceptors (Lipinski definition) is 7. The second kappa shape index (κ2) is 13.8. The zero-order valence-electron chi connectivity index (χ0n) is 24.3. The molecule has 3 amide bonds. The van der Waals surface area contributed by atoms with Gasteiger partial charge in [0.1, 0.15) is 30.3 Å². The average molecular weight is 585 g/mol. The summed E-state index contributed by atoms with van der Waals surface area (Å²) in [6, 6.07) is 14.0. The first-order valence-corrected chi connectivity index (χ1v) is 14.4. The molecule has 0 unspecified atom stereocenters. The van der Waals surface area contributed by atoms with Crippen molar-refractivity contribution in [2.24, 2.45) is 5.92 Å². The largest absolute Gasteiger partial charge is 0.494 e. The lowest BCUT2D eigenvalue weighted by Crippen LogP contribution is -2.51. The van der Waals surface area contributed by atoms with Gasteiger partial charge >= 0.3 is 0 Å². The van der Waals surface area contributed by atoms with Crippen LogP contribution < -0.4 is 15.4 Å². The summed E-state index contributed by atoms with van der Waals surface area (Å²) in [5, 5.41) is 13.5. The van der Waals surface area contributed by atoms with Crippen molar-refractivity contribution < 1.29 is 19.1 Å². The van der Waals surface area contributed by atoms with Crippen LogP contribution in [0.2, 0.25) is 0 Å². The first kappa shape index (κ1) is 29.5. The number of imidazole rings is 1. The fourth-order valence-corrected chi connectivity index (χ4v) is 5.03. The highest BCUT2D eigenvalue weighted by Crippen LogP contribution is 2.23. The van der Waals surface area contributed by atoms with Gasteiger partial charge in [-0.25, -0.2) is 4.98 Å². The lowest BCUT2D eigenvalue weighted by atomic mass is 10.0. The summed E-state index contributed by atoms with van der Waals surface area (Å²) in [6.45, 7) is 5.26. The van der Waals surface area contributed by atoms with Crippen LogP contribution in [-0.4, -0.2) is 79.2 Å². The van der Waals surface area contributed by atoms with Gasteiger partial charge in [-0.2, -0.15) is 0 Å². The summed E-state index contributed by atoms with van der Waals surface area (Å²) >= 11 is 0. The van der Waals surface area contributed by atoms with Crippen LogP contribution in [0.4, 0.5) is 0 Å². The second-order valence-electron chi connectivity index (χ2n) is 10.9. The quantitative estimate of drug-likeness (QED) is 0.376. The van der Waals surface area contributed by atoms with Crippen molar-refractivity contribution in [2.75, 3.05) is 26.2 Å². The van der Waals surface area contributed by atoms with Crippen LogP contribution in [0.1, 0.15) is 37.0 Å². The normalized spacial score (nSPS) is 16.8. The van der Waals surface area contributed by atoms with E-state index in [0.29, 0.717) is 43.9 Å². The van der Waals surface area contributed by atoms with E-state index in [0.717, 1.165) is 17.1 Å². The molecule has 12 heteroatoms. The smallest absolute Gasteiger partial charge is 0.254 e. The Hall–Kier alpha value is -5.00. The number of benzene rings is 2. The molecule has 0 saturated heterocycles. The summed E-state index contributed by atoms with van der Waals surface area (Å²) in [5.74, 6) is 0.624. The van der Waals surface area contributed by atoms with Gasteiger partial charge in [0.25, 0.3) is 5.91 Å². The zero-order chi connectivity index (χ0) is 30.2. The number of carbonyl (C=O) groups excluding carboxylic acids is 3. The molecule has 1 atom stereocenters. The summed E-state index contributed by atoms with van der Waals surface area (Å²) in [5.41, 5.74) is 2.03. The van der Waals surface area contributed by atoms with Crippen LogP contribution in [-0.2, 0) is 16.1 Å². The molecule has 2 bridgehead atoms. The topological polar surface area (TPSA) is 136 Å². The number of ether oxygens (including phenoxy) is 1. The Morgan fingerprint density at radius 2 is 1.88 bits per heavy atom. The maximum Gasteiger partial charge on any atom is 0.254 e. The highest BCUT2D eigenvalue weighted by Gasteiger charge is 2.25. The van der Waals surface area contributed by atoms with Crippen LogP contribution in [0.3, 0.4) is 0 Å². The number of hydrogen-bond donors (Lipinski definition) is 2. The average Bonchev–Trinajstić information content (AvgIpc) is 3.71. The summed E-state index contributed by atoms with van der Waals surface area (Å²) < 4.78 is 9.71. The SMILES string of the molecule is CC(C)C[C@H]1NC(=O)CN(C(=O)c2cccc(-n3cnnc3)c2)CCCOc2cccc(c2)-c2nccn2CCNC1=O. The molecule has 224 valence electrons. The molecular weight excluding hydrogens is 548 g/mol. The van der Waals surface area contributed by atoms with E-state index in [1.165, 1.54) is 4.90 Å². The van der Waals surface area contributed by atoms with Crippen molar-refractivity contribution in [1.82, 2.24) is 39.8 Å². The Kier molecular flexibility index (Phi) is 9.45. The fraction of sp³-hybridized carbons (Fsp3) is 0.355. The lowest BCUT2D eigenvalue weighted by molar-refractivity contribution is -0.129. The number of rotatable bonds is 4. The van der Waals surface area contributed by atoms with E-state index in [9.17, 15) is 14.4 Å². The first-order valence-electron chi connectivity index (χ1n) is 14.4. The van der Waals surface area contributed by atoms with E-state index in [1.807, 2.05) is 54.9 Å². The molecule has 1 aliphatic rings. The van der Waals surface area contributed by atoms with Crippen molar-refractivity contribution in [3.05, 3.63) is 79.1 Å². The second-order valence-corrected chi connectivity index (χ2v) is 10.9. The minimum absolute atomic E-state index is 0.164. The van der Waals surface area contributed by atoms with Crippen LogP contribution in [0.5, 0.6) is 5.75 Å². The number of fused-ring (bicyclic) bond motifs is 4. The van der Waals surface area contributed by atoms with Crippen molar-refractivity contribution in [3.63, 3.8) is 0 Å². The molecule has 4 aromatic rings. The van der Waals surface area contributed by atoms with Crippen molar-refractivity contribution >= 4 is 17.7 Å². The third-order valence-corrected chi connectivity index (χ3v) is 7.09. The molecule has 2 aromatic carbocycles. The van der Waals surface area contributed by atoms with E-state index in [1.54, 1.807) is 41.6 Å². The third kappa shape index (κ3) is 7.64. The lowest BCUT2D eigenvalue weighted by Gasteiger charge is -2.25. The standard InChI is InChI=1S/C31H36N8O4/c1-22(2)16-27-30(41)33-11-14-37-13-10-32-29(37)23-6-4-9-26(18-23)43-15-5-12-38(19-28(40)36-27)31(42)24-7-3-8-25(17-24)39-20-34-35-21-39/h3-4,6-10,13,17-18,20-22,27H,5,11-12,14-16,19H2,1-2H3,(H,33,41)(H,36,40)/t27-/m1/s1. The maximum atomic E-state index is 13.7. The van der Waals surface area contributed by atoms with Gasteiger partial charge in [0.2, 0.25) is 11.8 Å². The summed E-state index contributed by atoms with van der Waals surface area (Å²) in [4.78, 5) is 46.2. The molecule has 43 heavy (non-hydrogen) atoms. The van der Waals surface area contributed by atoms with Crippen LogP contribution >= 0.6 is 0 Å². The van der Waals surface area contributed by atoms with Crippen LogP contribution in [0.15, 0.2) is 73.6 Å². The minimum atomic E-state index is -0.734. The van der Waals surface area contributed by atoms with Gasteiger partial charge in [-0.3, -0.25) is 19.0 Å². The highest BCUT2D eigenvalue weighted by molar-refractivity contribution is 5.97. The van der Waals surface area contributed by atoms with Gasteiger partial charge in [0, 0.05) is 48.8 Å². The molecule has 0 fully saturated rings. The molecule has 0 saturated carbocycles. The van der Waals surface area contributed by atoms with Crippen LogP contribution in [0.25, 0.3) is 17.1 Å². The molecule has 2 N–H and O–H groups in total. The Morgan fingerprint density at radius 1 is 1.07 bits per heavy atom. The molecule has 5 rings (SSSR count). The Bertz CT molecular complexity index is 1550. The molecule has 1 aliphatic heterocycles. The Morgan fingerprint density at radius 3 is 2.70 bits per heavy atom. The molecule has 2 aromatic heterocycles. The number of nitrogens with zero attached hydrogens (tertiary/aromatic N) is 6. The van der Waals surface area contributed by atoms with E-state index in [-0.39, 0.29) is 30.8 Å². The van der Waals surface area contributed by atoms with Gasteiger partial charge in [0.15, 0.2) is 0 Å². The predicted molar refractivity (Wildman–Crippen MR) is 159 cm³/mol. The molecule has 0 radical (unpaired) electrons. The number of amides is 3. The zero-order valence-corrected chi connectivity index (χ0v) is 24.3. The van der Waals surface area contributed by atoms with Gasteiger partial charge in [-0.05, 0) is 49.1 Å². The Labute approximate surface area is 250 Å². The first-order chi connectivity index (χ1) is 20.9. The fourth-order valence-electron chi connectivity index (χ4n) is 5.03. The van der Waals surface area contributed by atoms with Crippen molar-refractivity contribution in [1.29, 1.82) is 0 Å². The minimum Gasteiger partial charge on any atom is -0.494 e. The number of nitrogens with one attached hydrogen (secondary N) is 2. The summed E-state index contributed by atoms with van der Waals surface area (Å²) in [6.07, 6.45) is 7.64. The number of aromatic nitrogens is 5. The summed E-state index contributed by atoms with van der Waals surface area (Å²) in [7, 11) is 0. The van der Waals surface area contributed by atoms with Crippen LogP contribution in [0, 0.1) is 5.92 Å². The maximum absolute atomic E-state index is 13.7. The molecule has 3 heterocycles. The molecule has 0 aliphatic carbocycles. The van der Waals surface area contributed by atoms with E-state index >= 15 is 0 Å². The van der Waals surface area contributed by atoms with E-state index < -0.39 is 11.9 Å². The molecule has 12 nitrogen and oxygen atoms in total. The van der Waals surface area contributed by atoms with Crippen molar-refractivity contribution in [2.45, 2.75) is 39.3 Å². The monoisotopic (exact) mass is 584 g/mol. The predicted octanol–water partition coefficient (Wildman–Crippen LogP) is 2.70. The highest BCUT2D eigenvalue weighted by atomic mass is 16.5. The Balaban J connectivity index is 1.40. The van der Waals surface area contributed by atoms with Gasteiger partial charge < -0.3 is 24.8 Å². The van der Waals surface area contributed by atoms with Gasteiger partial charge in [-0.15, -0.1) is 10.2 Å².